The van der Waals surface area contributed by atoms with Crippen molar-refractivity contribution in [3.05, 3.63) is 0 Å². The van der Waals surface area contributed by atoms with Crippen molar-refractivity contribution in [2.75, 3.05) is 26.2 Å². The fourth-order valence-electron chi connectivity index (χ4n) is 3.97. The lowest BCUT2D eigenvalue weighted by atomic mass is 10.0. The summed E-state index contributed by atoms with van der Waals surface area (Å²) in [7, 11) is 0. The van der Waals surface area contributed by atoms with Crippen LogP contribution in [0.3, 0.4) is 0 Å². The van der Waals surface area contributed by atoms with Crippen molar-refractivity contribution in [1.29, 1.82) is 0 Å². The van der Waals surface area contributed by atoms with E-state index in [0.29, 0.717) is 0 Å². The van der Waals surface area contributed by atoms with Crippen molar-refractivity contribution in [3.8, 4) is 0 Å². The van der Waals surface area contributed by atoms with E-state index in [0.717, 1.165) is 12.1 Å². The fourth-order valence-corrected chi connectivity index (χ4v) is 3.97. The minimum absolute atomic E-state index is 0.914. The van der Waals surface area contributed by atoms with Gasteiger partial charge in [-0.15, -0.1) is 0 Å². The van der Waals surface area contributed by atoms with Crippen LogP contribution in [-0.2, 0) is 0 Å². The van der Waals surface area contributed by atoms with Gasteiger partial charge in [-0.1, -0.05) is 25.7 Å². The third-order valence-electron chi connectivity index (χ3n) is 4.96. The third-order valence-corrected chi connectivity index (χ3v) is 4.96. The normalized spacial score (nSPS) is 34.9. The second-order valence-electron chi connectivity index (χ2n) is 5.97. The van der Waals surface area contributed by atoms with Crippen molar-refractivity contribution in [1.82, 2.24) is 9.80 Å². The topological polar surface area (TPSA) is 6.48 Å². The van der Waals surface area contributed by atoms with E-state index in [1.54, 1.807) is 0 Å². The quantitative estimate of drug-likeness (QED) is 0.629. The Morgan fingerprint density at radius 1 is 0.562 bits per heavy atom. The molecule has 3 rings (SSSR count). The van der Waals surface area contributed by atoms with Crippen LogP contribution in [0.2, 0.25) is 0 Å². The monoisotopic (exact) mass is 222 g/mol. The van der Waals surface area contributed by atoms with Crippen LogP contribution in [-0.4, -0.2) is 48.1 Å². The molecule has 2 nitrogen and oxygen atoms in total. The molecule has 2 aliphatic heterocycles. The number of hydrogen-bond acceptors (Lipinski definition) is 2. The summed E-state index contributed by atoms with van der Waals surface area (Å²) in [4.78, 5) is 5.56. The molecule has 16 heavy (non-hydrogen) atoms. The zero-order chi connectivity index (χ0) is 10.8. The van der Waals surface area contributed by atoms with Crippen molar-refractivity contribution in [2.45, 2.75) is 63.5 Å². The lowest BCUT2D eigenvalue weighted by Gasteiger charge is -2.41. The number of piperazine rings is 1. The summed E-state index contributed by atoms with van der Waals surface area (Å²) in [6.07, 6.45) is 11.8. The molecule has 1 atom stereocenters. The minimum atomic E-state index is 0.914. The van der Waals surface area contributed by atoms with Crippen LogP contribution in [0, 0.1) is 0 Å². The van der Waals surface area contributed by atoms with Gasteiger partial charge in [-0.25, -0.2) is 0 Å². The Kier molecular flexibility index (Phi) is 3.49. The average molecular weight is 222 g/mol. The molecule has 0 amide bonds. The maximum atomic E-state index is 2.83. The van der Waals surface area contributed by atoms with Crippen molar-refractivity contribution >= 4 is 0 Å². The number of fused-ring (bicyclic) bond motifs is 1. The zero-order valence-electron chi connectivity index (χ0n) is 10.5. The van der Waals surface area contributed by atoms with Crippen LogP contribution in [0.25, 0.3) is 0 Å². The fraction of sp³-hybridized carbons (Fsp3) is 1.00. The van der Waals surface area contributed by atoms with E-state index in [4.69, 9.17) is 0 Å². The highest BCUT2D eigenvalue weighted by Crippen LogP contribution is 2.27. The first-order chi connectivity index (χ1) is 7.93. The Morgan fingerprint density at radius 3 is 2.06 bits per heavy atom. The van der Waals surface area contributed by atoms with Gasteiger partial charge in [-0.05, 0) is 32.2 Å². The van der Waals surface area contributed by atoms with Gasteiger partial charge in [0, 0.05) is 31.7 Å². The molecule has 1 saturated carbocycles. The van der Waals surface area contributed by atoms with Gasteiger partial charge in [0.2, 0.25) is 0 Å². The Hall–Kier alpha value is -0.0800. The summed E-state index contributed by atoms with van der Waals surface area (Å²) < 4.78 is 0. The lowest BCUT2D eigenvalue weighted by molar-refractivity contribution is 0.0658. The molecule has 92 valence electrons. The Labute approximate surface area is 100.0 Å². The van der Waals surface area contributed by atoms with Crippen LogP contribution >= 0.6 is 0 Å². The van der Waals surface area contributed by atoms with Gasteiger partial charge < -0.3 is 0 Å². The highest BCUT2D eigenvalue weighted by atomic mass is 15.3. The van der Waals surface area contributed by atoms with Crippen LogP contribution in [0.4, 0.5) is 0 Å². The molecule has 3 aliphatic rings. The molecule has 0 aromatic rings. The lowest BCUT2D eigenvalue weighted by Crippen LogP contribution is -2.53. The van der Waals surface area contributed by atoms with Crippen LogP contribution < -0.4 is 0 Å². The molecule has 0 bridgehead atoms. The minimum Gasteiger partial charge on any atom is -0.298 e. The van der Waals surface area contributed by atoms with Crippen molar-refractivity contribution < 1.29 is 0 Å². The third kappa shape index (κ3) is 2.28. The highest BCUT2D eigenvalue weighted by molar-refractivity contribution is 4.89. The Bertz CT molecular complexity index is 221. The van der Waals surface area contributed by atoms with Crippen LogP contribution in [0.15, 0.2) is 0 Å². The number of rotatable bonds is 1. The van der Waals surface area contributed by atoms with Gasteiger partial charge >= 0.3 is 0 Å². The molecular weight excluding hydrogens is 196 g/mol. The summed E-state index contributed by atoms with van der Waals surface area (Å²) >= 11 is 0. The van der Waals surface area contributed by atoms with Gasteiger partial charge in [-0.3, -0.25) is 9.80 Å². The SMILES string of the molecule is C1CCCC(N2CCN3CCCC3C2)CC1. The van der Waals surface area contributed by atoms with E-state index in [1.165, 1.54) is 77.5 Å². The largest absolute Gasteiger partial charge is 0.298 e. The van der Waals surface area contributed by atoms with E-state index >= 15 is 0 Å². The molecular formula is C14H26N2. The predicted octanol–water partition coefficient (Wildman–Crippen LogP) is 2.49. The molecule has 2 heteroatoms. The standard InChI is InChI=1S/C14H26N2/c1-2-4-7-13(6-3-1)16-11-10-15-9-5-8-14(15)12-16/h13-14H,1-12H2. The second-order valence-corrected chi connectivity index (χ2v) is 5.97. The molecule has 0 aromatic carbocycles. The number of nitrogens with zero attached hydrogens (tertiary/aromatic N) is 2. The molecule has 3 fully saturated rings. The molecule has 2 saturated heterocycles. The average Bonchev–Trinajstić information content (AvgIpc) is 2.61. The molecule has 0 N–H and O–H groups in total. The van der Waals surface area contributed by atoms with Crippen LogP contribution in [0.5, 0.6) is 0 Å². The molecule has 0 spiro atoms. The summed E-state index contributed by atoms with van der Waals surface area (Å²) in [5.74, 6) is 0. The molecule has 1 aliphatic carbocycles. The smallest absolute Gasteiger partial charge is 0.0224 e. The Balaban J connectivity index is 1.57. The van der Waals surface area contributed by atoms with Gasteiger partial charge in [0.15, 0.2) is 0 Å². The van der Waals surface area contributed by atoms with E-state index in [2.05, 4.69) is 9.80 Å². The van der Waals surface area contributed by atoms with Gasteiger partial charge in [0.1, 0.15) is 0 Å². The van der Waals surface area contributed by atoms with Gasteiger partial charge in [0.05, 0.1) is 0 Å². The molecule has 2 heterocycles. The first-order valence-corrected chi connectivity index (χ1v) is 7.41. The zero-order valence-corrected chi connectivity index (χ0v) is 10.5. The first kappa shape index (κ1) is 11.0. The van der Waals surface area contributed by atoms with E-state index in [1.807, 2.05) is 0 Å². The molecule has 0 aromatic heterocycles. The van der Waals surface area contributed by atoms with E-state index < -0.39 is 0 Å². The summed E-state index contributed by atoms with van der Waals surface area (Å²) in [5, 5.41) is 0. The number of hydrogen-bond donors (Lipinski definition) is 0. The maximum absolute atomic E-state index is 2.83. The van der Waals surface area contributed by atoms with E-state index in [-0.39, 0.29) is 0 Å². The second kappa shape index (κ2) is 5.05. The first-order valence-electron chi connectivity index (χ1n) is 7.41. The van der Waals surface area contributed by atoms with E-state index in [9.17, 15) is 0 Å². The predicted molar refractivity (Wildman–Crippen MR) is 67.7 cm³/mol. The maximum Gasteiger partial charge on any atom is 0.0224 e. The highest BCUT2D eigenvalue weighted by Gasteiger charge is 2.33. The van der Waals surface area contributed by atoms with Crippen LogP contribution in [0.1, 0.15) is 51.4 Å². The van der Waals surface area contributed by atoms with Crippen molar-refractivity contribution in [3.63, 3.8) is 0 Å². The summed E-state index contributed by atoms with van der Waals surface area (Å²) in [5.41, 5.74) is 0. The van der Waals surface area contributed by atoms with Gasteiger partial charge in [-0.2, -0.15) is 0 Å². The Morgan fingerprint density at radius 2 is 1.25 bits per heavy atom. The summed E-state index contributed by atoms with van der Waals surface area (Å²) in [6.45, 7) is 5.45. The molecule has 1 unspecified atom stereocenters. The molecule has 0 radical (unpaired) electrons. The van der Waals surface area contributed by atoms with Gasteiger partial charge in [0.25, 0.3) is 0 Å². The summed E-state index contributed by atoms with van der Waals surface area (Å²) in [6, 6.07) is 1.85. The van der Waals surface area contributed by atoms with Crippen molar-refractivity contribution in [2.24, 2.45) is 0 Å².